The third kappa shape index (κ3) is 3.72. The molecule has 5 nitrogen and oxygen atoms in total. The maximum absolute atomic E-state index is 12.6. The number of nitrogens with two attached hydrogens (primary N) is 1. The molecule has 0 spiro atoms. The SMILES string of the molecule is CC(C)N(Cc1cccc(N)c1)C(=O)c1cc[nH]c(=O)c1. The Morgan fingerprint density at radius 2 is 2.05 bits per heavy atom. The zero-order chi connectivity index (χ0) is 15.4. The molecule has 1 heterocycles. The Hall–Kier alpha value is -2.56. The van der Waals surface area contributed by atoms with Crippen molar-refractivity contribution in [2.45, 2.75) is 26.4 Å². The number of aromatic amines is 1. The molecule has 21 heavy (non-hydrogen) atoms. The molecule has 0 atom stereocenters. The van der Waals surface area contributed by atoms with Gasteiger partial charge >= 0.3 is 0 Å². The van der Waals surface area contributed by atoms with Gasteiger partial charge in [0.2, 0.25) is 5.56 Å². The number of nitrogens with zero attached hydrogens (tertiary/aromatic N) is 1. The van der Waals surface area contributed by atoms with Gasteiger partial charge < -0.3 is 15.6 Å². The van der Waals surface area contributed by atoms with Gasteiger partial charge in [0.25, 0.3) is 5.91 Å². The minimum absolute atomic E-state index is 0.0122. The summed E-state index contributed by atoms with van der Waals surface area (Å²) < 4.78 is 0. The largest absolute Gasteiger partial charge is 0.399 e. The zero-order valence-corrected chi connectivity index (χ0v) is 12.2. The van der Waals surface area contributed by atoms with Crippen molar-refractivity contribution in [3.63, 3.8) is 0 Å². The first-order valence-corrected chi connectivity index (χ1v) is 6.81. The molecule has 2 rings (SSSR count). The number of benzene rings is 1. The number of rotatable bonds is 4. The number of carbonyl (C=O) groups excluding carboxylic acids is 1. The van der Waals surface area contributed by atoms with Crippen LogP contribution in [0, 0.1) is 0 Å². The number of hydrogen-bond donors (Lipinski definition) is 2. The first-order valence-electron chi connectivity index (χ1n) is 6.81. The molecule has 0 saturated heterocycles. The summed E-state index contributed by atoms with van der Waals surface area (Å²) in [5, 5.41) is 0. The van der Waals surface area contributed by atoms with E-state index in [9.17, 15) is 9.59 Å². The monoisotopic (exact) mass is 285 g/mol. The summed E-state index contributed by atoms with van der Waals surface area (Å²) in [5.41, 5.74) is 7.50. The highest BCUT2D eigenvalue weighted by molar-refractivity contribution is 5.94. The fourth-order valence-corrected chi connectivity index (χ4v) is 2.12. The average molecular weight is 285 g/mol. The van der Waals surface area contributed by atoms with Crippen molar-refractivity contribution < 1.29 is 4.79 Å². The van der Waals surface area contributed by atoms with Crippen LogP contribution >= 0.6 is 0 Å². The number of hydrogen-bond acceptors (Lipinski definition) is 3. The highest BCUT2D eigenvalue weighted by Crippen LogP contribution is 2.14. The van der Waals surface area contributed by atoms with E-state index in [1.165, 1.54) is 12.3 Å². The fraction of sp³-hybridized carbons (Fsp3) is 0.250. The Morgan fingerprint density at radius 3 is 2.67 bits per heavy atom. The van der Waals surface area contributed by atoms with E-state index in [4.69, 9.17) is 5.73 Å². The van der Waals surface area contributed by atoms with Crippen LogP contribution in [0.4, 0.5) is 5.69 Å². The van der Waals surface area contributed by atoms with Crippen molar-refractivity contribution in [2.24, 2.45) is 0 Å². The van der Waals surface area contributed by atoms with Crippen LogP contribution < -0.4 is 11.3 Å². The first-order chi connectivity index (χ1) is 9.97. The fourth-order valence-electron chi connectivity index (χ4n) is 2.12. The summed E-state index contributed by atoms with van der Waals surface area (Å²) in [6.45, 7) is 4.34. The summed E-state index contributed by atoms with van der Waals surface area (Å²) in [7, 11) is 0. The molecule has 0 fully saturated rings. The number of nitrogens with one attached hydrogen (secondary N) is 1. The van der Waals surface area contributed by atoms with Crippen LogP contribution in [0.5, 0.6) is 0 Å². The Bertz CT molecular complexity index is 692. The van der Waals surface area contributed by atoms with Gasteiger partial charge in [-0.1, -0.05) is 12.1 Å². The van der Waals surface area contributed by atoms with Crippen molar-refractivity contribution in [1.29, 1.82) is 0 Å². The summed E-state index contributed by atoms with van der Waals surface area (Å²) in [6.07, 6.45) is 1.48. The molecule has 5 heteroatoms. The molecule has 0 aliphatic carbocycles. The molecule has 3 N–H and O–H groups in total. The normalized spacial score (nSPS) is 10.6. The van der Waals surface area contributed by atoms with Crippen molar-refractivity contribution >= 4 is 11.6 Å². The Balaban J connectivity index is 2.27. The van der Waals surface area contributed by atoms with Crippen LogP contribution in [0.3, 0.4) is 0 Å². The van der Waals surface area contributed by atoms with Crippen molar-refractivity contribution in [3.05, 3.63) is 64.1 Å². The second kappa shape index (κ2) is 6.26. The third-order valence-electron chi connectivity index (χ3n) is 3.21. The van der Waals surface area contributed by atoms with Crippen LogP contribution in [0.25, 0.3) is 0 Å². The smallest absolute Gasteiger partial charge is 0.254 e. The maximum atomic E-state index is 12.6. The van der Waals surface area contributed by atoms with Crippen LogP contribution in [0.1, 0.15) is 29.8 Å². The summed E-state index contributed by atoms with van der Waals surface area (Å²) >= 11 is 0. The summed E-state index contributed by atoms with van der Waals surface area (Å²) in [6, 6.07) is 10.4. The number of anilines is 1. The Labute approximate surface area is 123 Å². The first kappa shape index (κ1) is 14.8. The van der Waals surface area contributed by atoms with E-state index in [1.807, 2.05) is 38.1 Å². The molecule has 0 radical (unpaired) electrons. The topological polar surface area (TPSA) is 79.2 Å². The van der Waals surface area contributed by atoms with Crippen LogP contribution in [-0.2, 0) is 6.54 Å². The highest BCUT2D eigenvalue weighted by atomic mass is 16.2. The molecule has 1 aromatic carbocycles. The molecule has 0 aliphatic rings. The van der Waals surface area contributed by atoms with Gasteiger partial charge in [0.1, 0.15) is 0 Å². The number of carbonyl (C=O) groups is 1. The highest BCUT2D eigenvalue weighted by Gasteiger charge is 2.19. The van der Waals surface area contributed by atoms with Gasteiger partial charge in [0, 0.05) is 36.1 Å². The molecule has 1 aromatic heterocycles. The standard InChI is InChI=1S/C16H19N3O2/c1-11(2)19(10-12-4-3-5-14(17)8-12)16(21)13-6-7-18-15(20)9-13/h3-9,11H,10,17H2,1-2H3,(H,18,20). The molecule has 110 valence electrons. The number of pyridine rings is 1. The lowest BCUT2D eigenvalue weighted by Crippen LogP contribution is -2.36. The lowest BCUT2D eigenvalue weighted by atomic mass is 10.1. The van der Waals surface area contributed by atoms with Gasteiger partial charge in [-0.15, -0.1) is 0 Å². The van der Waals surface area contributed by atoms with Crippen LogP contribution in [0.15, 0.2) is 47.4 Å². The van der Waals surface area contributed by atoms with Crippen molar-refractivity contribution in [1.82, 2.24) is 9.88 Å². The molecule has 0 aliphatic heterocycles. The van der Waals surface area contributed by atoms with E-state index in [0.29, 0.717) is 17.8 Å². The third-order valence-corrected chi connectivity index (χ3v) is 3.21. The molecule has 0 unspecified atom stereocenters. The van der Waals surface area contributed by atoms with E-state index >= 15 is 0 Å². The predicted molar refractivity (Wildman–Crippen MR) is 82.9 cm³/mol. The van der Waals surface area contributed by atoms with Crippen LogP contribution in [-0.4, -0.2) is 21.8 Å². The second-order valence-electron chi connectivity index (χ2n) is 5.21. The average Bonchev–Trinajstić information content (AvgIpc) is 2.44. The lowest BCUT2D eigenvalue weighted by molar-refractivity contribution is 0.0690. The van der Waals surface area contributed by atoms with E-state index in [2.05, 4.69) is 4.98 Å². The van der Waals surface area contributed by atoms with Gasteiger partial charge in [0.05, 0.1) is 0 Å². The minimum Gasteiger partial charge on any atom is -0.399 e. The zero-order valence-electron chi connectivity index (χ0n) is 12.2. The van der Waals surface area contributed by atoms with Gasteiger partial charge in [-0.2, -0.15) is 0 Å². The van der Waals surface area contributed by atoms with Crippen molar-refractivity contribution in [2.75, 3.05) is 5.73 Å². The number of aromatic nitrogens is 1. The second-order valence-corrected chi connectivity index (χ2v) is 5.21. The van der Waals surface area contributed by atoms with Crippen LogP contribution in [0.2, 0.25) is 0 Å². The van der Waals surface area contributed by atoms with Gasteiger partial charge in [-0.25, -0.2) is 0 Å². The van der Waals surface area contributed by atoms with E-state index < -0.39 is 0 Å². The molecule has 2 aromatic rings. The minimum atomic E-state index is -0.284. The van der Waals surface area contributed by atoms with Gasteiger partial charge in [-0.3, -0.25) is 9.59 Å². The molecule has 1 amide bonds. The quantitative estimate of drug-likeness (QED) is 0.843. The summed E-state index contributed by atoms with van der Waals surface area (Å²) in [4.78, 5) is 28.1. The van der Waals surface area contributed by atoms with Gasteiger partial charge in [0.15, 0.2) is 0 Å². The Kier molecular flexibility index (Phi) is 4.42. The molecular formula is C16H19N3O2. The number of H-pyrrole nitrogens is 1. The van der Waals surface area contributed by atoms with E-state index in [-0.39, 0.29) is 17.5 Å². The lowest BCUT2D eigenvalue weighted by Gasteiger charge is -2.27. The maximum Gasteiger partial charge on any atom is 0.254 e. The predicted octanol–water partition coefficient (Wildman–Crippen LogP) is 2.01. The number of nitrogen functional groups attached to an aromatic ring is 1. The van der Waals surface area contributed by atoms with Gasteiger partial charge in [-0.05, 0) is 37.6 Å². The van der Waals surface area contributed by atoms with E-state index in [1.54, 1.807) is 11.0 Å². The van der Waals surface area contributed by atoms with Crippen molar-refractivity contribution in [3.8, 4) is 0 Å². The molecule has 0 saturated carbocycles. The molecular weight excluding hydrogens is 266 g/mol. The Morgan fingerprint density at radius 1 is 1.29 bits per heavy atom. The summed E-state index contributed by atoms with van der Waals surface area (Å²) in [5.74, 6) is -0.168. The van der Waals surface area contributed by atoms with E-state index in [0.717, 1.165) is 5.56 Å². The molecule has 0 bridgehead atoms. The number of amides is 1.